The molecule has 0 aliphatic heterocycles. The molecule has 152 valence electrons. The summed E-state index contributed by atoms with van der Waals surface area (Å²) < 4.78 is 24.0. The van der Waals surface area contributed by atoms with Gasteiger partial charge in [0, 0.05) is 20.8 Å². The predicted octanol–water partition coefficient (Wildman–Crippen LogP) is 4.35. The lowest BCUT2D eigenvalue weighted by Gasteiger charge is -2.23. The molecule has 0 bridgehead atoms. The van der Waals surface area contributed by atoms with Crippen LogP contribution in [0, 0.1) is 6.92 Å². The predicted molar refractivity (Wildman–Crippen MR) is 119 cm³/mol. The highest BCUT2D eigenvalue weighted by atomic mass is 79.9. The summed E-state index contributed by atoms with van der Waals surface area (Å²) >= 11 is 5.01. The quantitative estimate of drug-likeness (QED) is 0.532. The first kappa shape index (κ1) is 21.7. The van der Waals surface area contributed by atoms with Crippen LogP contribution in [0.4, 0.5) is 0 Å². The van der Waals surface area contributed by atoms with Crippen LogP contribution in [0.2, 0.25) is 0 Å². The highest BCUT2D eigenvalue weighted by Crippen LogP contribution is 2.24. The Bertz CT molecular complexity index is 1110. The highest BCUT2D eigenvalue weighted by Gasteiger charge is 2.21. The first-order chi connectivity index (χ1) is 13.7. The molecule has 0 aliphatic carbocycles. The number of nitrogens with two attached hydrogens (primary N) is 1. The molecule has 0 saturated carbocycles. The van der Waals surface area contributed by atoms with Crippen molar-refractivity contribution in [2.75, 3.05) is 6.54 Å². The smallest absolute Gasteiger partial charge is 0.255 e. The molecule has 0 unspecified atom stereocenters. The minimum absolute atomic E-state index is 0.0842. The molecule has 0 atom stereocenters. The number of carbonyl (C=O) groups is 1. The number of primary sulfonamides is 1. The Morgan fingerprint density at radius 1 is 1.10 bits per heavy atom. The minimum atomic E-state index is -3.90. The summed E-state index contributed by atoms with van der Waals surface area (Å²) in [6, 6.07) is 18.2. The van der Waals surface area contributed by atoms with E-state index in [1.165, 1.54) is 23.1 Å². The maximum Gasteiger partial charge on any atom is 0.255 e. The van der Waals surface area contributed by atoms with E-state index in [9.17, 15) is 13.2 Å². The van der Waals surface area contributed by atoms with E-state index in [2.05, 4.69) is 15.9 Å². The molecule has 0 radical (unpaired) electrons. The minimum Gasteiger partial charge on any atom is -0.333 e. The van der Waals surface area contributed by atoms with Gasteiger partial charge in [-0.05, 0) is 65.2 Å². The number of hydrogen-bond donors (Lipinski definition) is 1. The van der Waals surface area contributed by atoms with Gasteiger partial charge in [-0.15, -0.1) is 11.3 Å². The van der Waals surface area contributed by atoms with E-state index in [-0.39, 0.29) is 16.4 Å². The Kier molecular flexibility index (Phi) is 6.89. The molecule has 3 rings (SSSR count). The van der Waals surface area contributed by atoms with Gasteiger partial charge in [0.1, 0.15) is 0 Å². The summed E-state index contributed by atoms with van der Waals surface area (Å²) in [7, 11) is -3.90. The second kappa shape index (κ2) is 9.21. The van der Waals surface area contributed by atoms with Gasteiger partial charge in [-0.1, -0.05) is 30.3 Å². The van der Waals surface area contributed by atoms with Gasteiger partial charge in [-0.25, -0.2) is 13.6 Å². The second-order valence-corrected chi connectivity index (χ2v) is 10.4. The SMILES string of the molecule is Cc1ccc(CN(CCc2ccccc2)C(=O)c2cc(S(N)(=O)=O)ccc2Br)s1. The van der Waals surface area contributed by atoms with Gasteiger partial charge in [-0.3, -0.25) is 4.79 Å². The Balaban J connectivity index is 1.90. The van der Waals surface area contributed by atoms with E-state index in [0.717, 1.165) is 10.4 Å². The van der Waals surface area contributed by atoms with Crippen LogP contribution in [0.5, 0.6) is 0 Å². The zero-order valence-corrected chi connectivity index (χ0v) is 19.1. The third-order valence-electron chi connectivity index (χ3n) is 4.44. The number of benzene rings is 2. The molecule has 8 heteroatoms. The van der Waals surface area contributed by atoms with Crippen molar-refractivity contribution in [2.24, 2.45) is 5.14 Å². The molecule has 0 fully saturated rings. The van der Waals surface area contributed by atoms with Crippen molar-refractivity contribution in [2.45, 2.75) is 24.8 Å². The number of halogens is 1. The lowest BCUT2D eigenvalue weighted by Crippen LogP contribution is -2.32. The molecule has 29 heavy (non-hydrogen) atoms. The molecule has 0 aliphatic rings. The molecule has 2 aromatic carbocycles. The number of rotatable bonds is 7. The van der Waals surface area contributed by atoms with Crippen molar-refractivity contribution in [3.05, 3.63) is 86.0 Å². The van der Waals surface area contributed by atoms with E-state index in [0.29, 0.717) is 24.0 Å². The lowest BCUT2D eigenvalue weighted by atomic mass is 10.1. The van der Waals surface area contributed by atoms with Gasteiger partial charge >= 0.3 is 0 Å². The Morgan fingerprint density at radius 2 is 1.83 bits per heavy atom. The fourth-order valence-electron chi connectivity index (χ4n) is 2.93. The molecule has 1 amide bonds. The molecule has 0 spiro atoms. The normalized spacial score (nSPS) is 11.4. The van der Waals surface area contributed by atoms with Crippen LogP contribution < -0.4 is 5.14 Å². The lowest BCUT2D eigenvalue weighted by molar-refractivity contribution is 0.0745. The average Bonchev–Trinajstić information content (AvgIpc) is 3.09. The second-order valence-electron chi connectivity index (χ2n) is 6.66. The summed E-state index contributed by atoms with van der Waals surface area (Å²) in [5, 5.41) is 5.25. The van der Waals surface area contributed by atoms with Gasteiger partial charge in [0.25, 0.3) is 5.91 Å². The van der Waals surface area contributed by atoms with Crippen molar-refractivity contribution >= 4 is 43.2 Å². The Hall–Kier alpha value is -2.00. The van der Waals surface area contributed by atoms with Crippen LogP contribution in [0.25, 0.3) is 0 Å². The standard InChI is InChI=1S/C21H21BrN2O3S2/c1-15-7-8-17(28-15)14-24(12-11-16-5-3-2-4-6-16)21(25)19-13-18(29(23,26)27)9-10-20(19)22/h2-10,13H,11-12,14H2,1H3,(H2,23,26,27). The van der Waals surface area contributed by atoms with Gasteiger partial charge < -0.3 is 4.90 Å². The van der Waals surface area contributed by atoms with Crippen molar-refractivity contribution in [3.63, 3.8) is 0 Å². The fraction of sp³-hybridized carbons (Fsp3) is 0.190. The number of hydrogen-bond acceptors (Lipinski definition) is 4. The Morgan fingerprint density at radius 3 is 2.45 bits per heavy atom. The number of nitrogens with zero attached hydrogens (tertiary/aromatic N) is 1. The van der Waals surface area contributed by atoms with Crippen molar-refractivity contribution in [3.8, 4) is 0 Å². The van der Waals surface area contributed by atoms with Crippen LogP contribution >= 0.6 is 27.3 Å². The number of thiophene rings is 1. The van der Waals surface area contributed by atoms with Crippen LogP contribution in [0.3, 0.4) is 0 Å². The topological polar surface area (TPSA) is 80.5 Å². The monoisotopic (exact) mass is 492 g/mol. The van der Waals surface area contributed by atoms with E-state index in [1.807, 2.05) is 49.4 Å². The zero-order valence-electron chi connectivity index (χ0n) is 15.8. The summed E-state index contributed by atoms with van der Waals surface area (Å²) in [5.74, 6) is -0.246. The van der Waals surface area contributed by atoms with E-state index < -0.39 is 10.0 Å². The largest absolute Gasteiger partial charge is 0.333 e. The van der Waals surface area contributed by atoms with Crippen LogP contribution in [0.15, 0.2) is 70.0 Å². The summed E-state index contributed by atoms with van der Waals surface area (Å²) in [5.41, 5.74) is 1.41. The van der Waals surface area contributed by atoms with Crippen molar-refractivity contribution in [1.29, 1.82) is 0 Å². The number of sulfonamides is 1. The van der Waals surface area contributed by atoms with Crippen LogP contribution in [0.1, 0.15) is 25.7 Å². The summed E-state index contributed by atoms with van der Waals surface area (Å²) in [6.45, 7) is 2.98. The summed E-state index contributed by atoms with van der Waals surface area (Å²) in [4.78, 5) is 17.2. The average molecular weight is 493 g/mol. The number of carbonyl (C=O) groups excluding carboxylic acids is 1. The molecular weight excluding hydrogens is 472 g/mol. The third kappa shape index (κ3) is 5.76. The van der Waals surface area contributed by atoms with Crippen LogP contribution in [-0.2, 0) is 23.0 Å². The van der Waals surface area contributed by atoms with Gasteiger partial charge in [0.15, 0.2) is 0 Å². The molecule has 2 N–H and O–H groups in total. The maximum absolute atomic E-state index is 13.3. The fourth-order valence-corrected chi connectivity index (χ4v) is 4.80. The van der Waals surface area contributed by atoms with Crippen LogP contribution in [-0.4, -0.2) is 25.8 Å². The molecule has 1 aromatic heterocycles. The Labute approximate surface area is 183 Å². The number of aryl methyl sites for hydroxylation is 1. The molecule has 3 aromatic rings. The molecular formula is C21H21BrN2O3S2. The van der Waals surface area contributed by atoms with Gasteiger partial charge in [0.2, 0.25) is 10.0 Å². The molecule has 1 heterocycles. The maximum atomic E-state index is 13.3. The first-order valence-electron chi connectivity index (χ1n) is 8.95. The van der Waals surface area contributed by atoms with Crippen molar-refractivity contribution < 1.29 is 13.2 Å². The highest BCUT2D eigenvalue weighted by molar-refractivity contribution is 9.10. The van der Waals surface area contributed by atoms with E-state index in [4.69, 9.17) is 5.14 Å². The third-order valence-corrected chi connectivity index (χ3v) is 7.03. The van der Waals surface area contributed by atoms with E-state index >= 15 is 0 Å². The molecule has 5 nitrogen and oxygen atoms in total. The molecule has 0 saturated heterocycles. The van der Waals surface area contributed by atoms with E-state index in [1.54, 1.807) is 16.2 Å². The van der Waals surface area contributed by atoms with Gasteiger partial charge in [0.05, 0.1) is 17.0 Å². The van der Waals surface area contributed by atoms with Crippen molar-refractivity contribution in [1.82, 2.24) is 4.90 Å². The number of amides is 1. The first-order valence-corrected chi connectivity index (χ1v) is 12.1. The zero-order chi connectivity index (χ0) is 21.0. The summed E-state index contributed by atoms with van der Waals surface area (Å²) in [6.07, 6.45) is 0.698. The van der Waals surface area contributed by atoms with Gasteiger partial charge in [-0.2, -0.15) is 0 Å².